The normalized spacial score (nSPS) is 14.5. The first-order valence-electron chi connectivity index (χ1n) is 4.25. The smallest absolute Gasteiger partial charge is 0.322 e. The monoisotopic (exact) mass is 220 g/mol. The topological polar surface area (TPSA) is 92.4 Å². The number of carbonyl (C=O) groups excluding carboxylic acids is 1. The summed E-state index contributed by atoms with van der Waals surface area (Å²) in [5.74, 6) is -1.48. The Kier molecular flexibility index (Phi) is 6.31. The van der Waals surface area contributed by atoms with Gasteiger partial charge in [0.05, 0.1) is 6.04 Å². The number of aliphatic carboxylic acids is 1. The SMILES string of the molecule is CSC(C)C[C@H](N)C(=O)NCC(=O)O. The zero-order chi connectivity index (χ0) is 11.1. The molecule has 82 valence electrons. The van der Waals surface area contributed by atoms with Gasteiger partial charge in [-0.2, -0.15) is 11.8 Å². The molecular weight excluding hydrogens is 204 g/mol. The van der Waals surface area contributed by atoms with Crippen LogP contribution >= 0.6 is 11.8 Å². The molecule has 0 saturated heterocycles. The third-order valence-electron chi connectivity index (χ3n) is 1.74. The van der Waals surface area contributed by atoms with Gasteiger partial charge in [-0.15, -0.1) is 0 Å². The molecule has 5 nitrogen and oxygen atoms in total. The number of carboxylic acid groups (broad SMARTS) is 1. The molecule has 4 N–H and O–H groups in total. The minimum atomic E-state index is -1.07. The number of amides is 1. The third-order valence-corrected chi connectivity index (χ3v) is 2.74. The second-order valence-electron chi connectivity index (χ2n) is 3.00. The molecule has 0 radical (unpaired) electrons. The Morgan fingerprint density at radius 2 is 2.14 bits per heavy atom. The highest BCUT2D eigenvalue weighted by molar-refractivity contribution is 7.99. The fourth-order valence-electron chi connectivity index (χ4n) is 0.855. The van der Waals surface area contributed by atoms with Gasteiger partial charge in [-0.3, -0.25) is 9.59 Å². The molecule has 0 aromatic heterocycles. The molecule has 0 aliphatic rings. The largest absolute Gasteiger partial charge is 0.480 e. The van der Waals surface area contributed by atoms with Crippen LogP contribution in [0.3, 0.4) is 0 Å². The van der Waals surface area contributed by atoms with Crippen molar-refractivity contribution in [3.05, 3.63) is 0 Å². The van der Waals surface area contributed by atoms with E-state index in [-0.39, 0.29) is 6.54 Å². The highest BCUT2D eigenvalue weighted by Gasteiger charge is 2.16. The minimum absolute atomic E-state index is 0.292. The van der Waals surface area contributed by atoms with Gasteiger partial charge < -0.3 is 16.2 Å². The first-order chi connectivity index (χ1) is 6.47. The quantitative estimate of drug-likeness (QED) is 0.569. The van der Waals surface area contributed by atoms with Crippen LogP contribution in [-0.4, -0.2) is 41.1 Å². The first kappa shape index (κ1) is 13.2. The van der Waals surface area contributed by atoms with E-state index in [4.69, 9.17) is 10.8 Å². The molecule has 0 rings (SSSR count). The van der Waals surface area contributed by atoms with Crippen LogP contribution in [0.1, 0.15) is 13.3 Å². The summed E-state index contributed by atoms with van der Waals surface area (Å²) in [6.45, 7) is 1.59. The molecule has 0 aromatic carbocycles. The van der Waals surface area contributed by atoms with Crippen molar-refractivity contribution in [2.45, 2.75) is 24.6 Å². The number of nitrogens with one attached hydrogen (secondary N) is 1. The molecule has 0 aliphatic carbocycles. The molecule has 0 spiro atoms. The van der Waals surface area contributed by atoms with Crippen LogP contribution < -0.4 is 11.1 Å². The van der Waals surface area contributed by atoms with Crippen LogP contribution in [0, 0.1) is 0 Å². The number of hydrogen-bond donors (Lipinski definition) is 3. The molecular formula is C8H16N2O3S. The lowest BCUT2D eigenvalue weighted by atomic mass is 10.1. The maximum Gasteiger partial charge on any atom is 0.322 e. The molecule has 6 heteroatoms. The maximum atomic E-state index is 11.2. The predicted octanol–water partition coefficient (Wildman–Crippen LogP) is -0.344. The van der Waals surface area contributed by atoms with Gasteiger partial charge in [0.15, 0.2) is 0 Å². The van der Waals surface area contributed by atoms with Gasteiger partial charge in [0.2, 0.25) is 5.91 Å². The lowest BCUT2D eigenvalue weighted by Gasteiger charge is -2.14. The molecule has 0 heterocycles. The number of nitrogens with two attached hydrogens (primary N) is 1. The fraction of sp³-hybridized carbons (Fsp3) is 0.750. The summed E-state index contributed by atoms with van der Waals surface area (Å²) in [5.41, 5.74) is 5.56. The first-order valence-corrected chi connectivity index (χ1v) is 5.54. The van der Waals surface area contributed by atoms with E-state index in [0.29, 0.717) is 11.7 Å². The third kappa shape index (κ3) is 5.82. The van der Waals surface area contributed by atoms with E-state index in [2.05, 4.69) is 5.32 Å². The summed E-state index contributed by atoms with van der Waals surface area (Å²) in [7, 11) is 0. The van der Waals surface area contributed by atoms with E-state index < -0.39 is 17.9 Å². The van der Waals surface area contributed by atoms with Gasteiger partial charge in [-0.25, -0.2) is 0 Å². The number of thioether (sulfide) groups is 1. The Bertz CT molecular complexity index is 211. The van der Waals surface area contributed by atoms with Crippen LogP contribution in [0.5, 0.6) is 0 Å². The van der Waals surface area contributed by atoms with Crippen LogP contribution in [-0.2, 0) is 9.59 Å². The van der Waals surface area contributed by atoms with Gasteiger partial charge in [0.25, 0.3) is 0 Å². The average molecular weight is 220 g/mol. The fourth-order valence-corrected chi connectivity index (χ4v) is 1.25. The molecule has 1 amide bonds. The van der Waals surface area contributed by atoms with E-state index in [9.17, 15) is 9.59 Å². The summed E-state index contributed by atoms with van der Waals surface area (Å²) in [6, 6.07) is -0.628. The van der Waals surface area contributed by atoms with Crippen LogP contribution in [0.2, 0.25) is 0 Å². The van der Waals surface area contributed by atoms with E-state index in [1.165, 1.54) is 0 Å². The summed E-state index contributed by atoms with van der Waals surface area (Å²) in [5, 5.41) is 10.8. The summed E-state index contributed by atoms with van der Waals surface area (Å²) >= 11 is 1.62. The molecule has 0 aromatic rings. The summed E-state index contributed by atoms with van der Waals surface area (Å²) in [6.07, 6.45) is 2.49. The summed E-state index contributed by atoms with van der Waals surface area (Å²) in [4.78, 5) is 21.3. The van der Waals surface area contributed by atoms with Crippen molar-refractivity contribution in [3.8, 4) is 0 Å². The number of rotatable bonds is 6. The van der Waals surface area contributed by atoms with Crippen LogP contribution in [0.25, 0.3) is 0 Å². The Morgan fingerprint density at radius 3 is 2.57 bits per heavy atom. The van der Waals surface area contributed by atoms with Gasteiger partial charge in [-0.1, -0.05) is 6.92 Å². The highest BCUT2D eigenvalue weighted by Crippen LogP contribution is 2.10. The van der Waals surface area contributed by atoms with E-state index in [0.717, 1.165) is 0 Å². The second-order valence-corrected chi connectivity index (χ2v) is 4.28. The van der Waals surface area contributed by atoms with Crippen molar-refractivity contribution in [3.63, 3.8) is 0 Å². The standard InChI is InChI=1S/C8H16N2O3S/c1-5(14-2)3-6(9)8(13)10-4-7(11)12/h5-6H,3-4,9H2,1-2H3,(H,10,13)(H,11,12)/t5?,6-/m0/s1. The van der Waals surface area contributed by atoms with Crippen molar-refractivity contribution in [1.29, 1.82) is 0 Å². The number of carbonyl (C=O) groups is 2. The predicted molar refractivity (Wildman–Crippen MR) is 56.2 cm³/mol. The highest BCUT2D eigenvalue weighted by atomic mass is 32.2. The van der Waals surface area contributed by atoms with Gasteiger partial charge in [0, 0.05) is 5.25 Å². The maximum absolute atomic E-state index is 11.2. The minimum Gasteiger partial charge on any atom is -0.480 e. The molecule has 14 heavy (non-hydrogen) atoms. The average Bonchev–Trinajstić information content (AvgIpc) is 2.13. The van der Waals surface area contributed by atoms with Crippen molar-refractivity contribution < 1.29 is 14.7 Å². The molecule has 0 fully saturated rings. The Morgan fingerprint density at radius 1 is 1.57 bits per heavy atom. The molecule has 0 saturated carbocycles. The van der Waals surface area contributed by atoms with E-state index in [1.807, 2.05) is 13.2 Å². The van der Waals surface area contributed by atoms with Gasteiger partial charge in [0.1, 0.15) is 6.54 Å². The van der Waals surface area contributed by atoms with Crippen molar-refractivity contribution in [1.82, 2.24) is 5.32 Å². The molecule has 1 unspecified atom stereocenters. The van der Waals surface area contributed by atoms with E-state index >= 15 is 0 Å². The zero-order valence-electron chi connectivity index (χ0n) is 8.32. The van der Waals surface area contributed by atoms with Crippen LogP contribution in [0.4, 0.5) is 0 Å². The lowest BCUT2D eigenvalue weighted by Crippen LogP contribution is -2.43. The molecule has 0 aliphatic heterocycles. The van der Waals surface area contributed by atoms with Gasteiger partial charge >= 0.3 is 5.97 Å². The van der Waals surface area contributed by atoms with Gasteiger partial charge in [-0.05, 0) is 12.7 Å². The van der Waals surface area contributed by atoms with Crippen molar-refractivity contribution in [2.75, 3.05) is 12.8 Å². The number of hydrogen-bond acceptors (Lipinski definition) is 4. The van der Waals surface area contributed by atoms with Crippen molar-refractivity contribution >= 4 is 23.6 Å². The zero-order valence-corrected chi connectivity index (χ0v) is 9.13. The van der Waals surface area contributed by atoms with Crippen LogP contribution in [0.15, 0.2) is 0 Å². The van der Waals surface area contributed by atoms with Crippen molar-refractivity contribution in [2.24, 2.45) is 5.73 Å². The molecule has 0 bridgehead atoms. The van der Waals surface area contributed by atoms with E-state index in [1.54, 1.807) is 11.8 Å². The Labute approximate surface area is 87.4 Å². The Hall–Kier alpha value is -0.750. The second kappa shape index (κ2) is 6.67. The lowest BCUT2D eigenvalue weighted by molar-refractivity contribution is -0.138. The Balaban J connectivity index is 3.81. The molecule has 2 atom stereocenters. The summed E-state index contributed by atoms with van der Waals surface area (Å²) < 4.78 is 0. The number of carboxylic acids is 1.